The van der Waals surface area contributed by atoms with Crippen molar-refractivity contribution in [1.82, 2.24) is 0 Å². The molecule has 1 heterocycles. The Morgan fingerprint density at radius 2 is 1.15 bits per heavy atom. The molecule has 2 aromatic rings. The average molecular weight is 465 g/mol. The summed E-state index contributed by atoms with van der Waals surface area (Å²) in [6, 6.07) is 9.17. The Bertz CT molecular complexity index is 819. The number of carboxylic acids is 2. The van der Waals surface area contributed by atoms with Crippen LogP contribution in [0.5, 0.6) is 0 Å². The summed E-state index contributed by atoms with van der Waals surface area (Å²) < 4.78 is 4.84. The van der Waals surface area contributed by atoms with E-state index in [-0.39, 0.29) is 11.0 Å². The molecular formula is C26H44N2O5. The van der Waals surface area contributed by atoms with Crippen molar-refractivity contribution in [2.24, 2.45) is 0 Å². The summed E-state index contributed by atoms with van der Waals surface area (Å²) in [6.45, 7) is 25.2. The minimum Gasteiger partial charge on any atom is -0.545 e. The second kappa shape index (κ2) is 14.7. The number of hydrogen-bond acceptors (Lipinski definition) is 5. The molecule has 0 aliphatic carbocycles. The minimum atomic E-state index is -1.68. The van der Waals surface area contributed by atoms with Crippen LogP contribution in [0, 0.1) is 0 Å². The maximum Gasteiger partial charge on any atom is 0.159 e. The van der Waals surface area contributed by atoms with Crippen LogP contribution in [0.25, 0.3) is 11.0 Å². The predicted molar refractivity (Wildman–Crippen MR) is 128 cm³/mol. The fourth-order valence-electron chi connectivity index (χ4n) is 4.36. The molecule has 0 spiro atoms. The first kappa shape index (κ1) is 30.6. The maximum absolute atomic E-state index is 10.7. The highest BCUT2D eigenvalue weighted by atomic mass is 16.4. The van der Waals surface area contributed by atoms with Crippen molar-refractivity contribution in [3.63, 3.8) is 0 Å². The Morgan fingerprint density at radius 1 is 0.758 bits per heavy atom. The molecule has 0 fully saturated rings. The largest absolute Gasteiger partial charge is 0.545 e. The quantitative estimate of drug-likeness (QED) is 0.595. The highest BCUT2D eigenvalue weighted by Gasteiger charge is 2.15. The predicted octanol–water partition coefficient (Wildman–Crippen LogP) is 0.576. The normalized spacial score (nSPS) is 11.3. The third-order valence-corrected chi connectivity index (χ3v) is 5.77. The summed E-state index contributed by atoms with van der Waals surface area (Å²) in [5.41, 5.74) is -0.304. The van der Waals surface area contributed by atoms with Gasteiger partial charge < -0.3 is 34.0 Å². The van der Waals surface area contributed by atoms with E-state index in [1.54, 1.807) is 21.9 Å². The van der Waals surface area contributed by atoms with Gasteiger partial charge in [0.05, 0.1) is 48.8 Å². The zero-order valence-electron chi connectivity index (χ0n) is 22.1. The van der Waals surface area contributed by atoms with Gasteiger partial charge in [0, 0.05) is 5.39 Å². The first-order valence-corrected chi connectivity index (χ1v) is 11.9. The maximum atomic E-state index is 10.7. The van der Waals surface area contributed by atoms with Crippen molar-refractivity contribution < 1.29 is 34.0 Å². The molecule has 0 saturated carbocycles. The molecule has 7 heteroatoms. The summed E-state index contributed by atoms with van der Waals surface area (Å²) in [7, 11) is 0. The SMILES string of the molecule is CC[NH+](C(C)C)C(C)C.CC[NH+](C(C)C)C(C)C.O=C([O-])c1oc2ccccc2c1C(=O)[O-]. The molecule has 7 nitrogen and oxygen atoms in total. The number of furan rings is 1. The molecule has 1 aromatic carbocycles. The molecule has 188 valence electrons. The van der Waals surface area contributed by atoms with Crippen molar-refractivity contribution in [3.05, 3.63) is 35.6 Å². The van der Waals surface area contributed by atoms with E-state index in [0.29, 0.717) is 0 Å². The number of carbonyl (C=O) groups is 2. The number of rotatable bonds is 8. The Labute approximate surface area is 199 Å². The van der Waals surface area contributed by atoms with E-state index in [4.69, 9.17) is 4.42 Å². The van der Waals surface area contributed by atoms with E-state index in [9.17, 15) is 19.8 Å². The van der Waals surface area contributed by atoms with Gasteiger partial charge in [-0.05, 0) is 75.3 Å². The number of carbonyl (C=O) groups excluding carboxylic acids is 2. The molecule has 0 saturated heterocycles. The van der Waals surface area contributed by atoms with Gasteiger partial charge in [-0.25, -0.2) is 0 Å². The lowest BCUT2D eigenvalue weighted by atomic mass is 10.1. The topological polar surface area (TPSA) is 102 Å². The lowest BCUT2D eigenvalue weighted by Gasteiger charge is -2.25. The summed E-state index contributed by atoms with van der Waals surface area (Å²) in [4.78, 5) is 24.7. The molecule has 2 N–H and O–H groups in total. The van der Waals surface area contributed by atoms with Crippen molar-refractivity contribution in [1.29, 1.82) is 0 Å². The fourth-order valence-corrected chi connectivity index (χ4v) is 4.36. The van der Waals surface area contributed by atoms with Crippen molar-refractivity contribution in [3.8, 4) is 0 Å². The van der Waals surface area contributed by atoms with Crippen molar-refractivity contribution in [2.45, 2.75) is 93.4 Å². The van der Waals surface area contributed by atoms with Crippen LogP contribution in [0.3, 0.4) is 0 Å². The van der Waals surface area contributed by atoms with E-state index in [2.05, 4.69) is 69.2 Å². The molecule has 33 heavy (non-hydrogen) atoms. The molecule has 0 aliphatic heterocycles. The van der Waals surface area contributed by atoms with Gasteiger partial charge in [-0.2, -0.15) is 0 Å². The highest BCUT2D eigenvalue weighted by molar-refractivity contribution is 6.09. The highest BCUT2D eigenvalue weighted by Crippen LogP contribution is 2.24. The van der Waals surface area contributed by atoms with Crippen molar-refractivity contribution >= 4 is 22.9 Å². The number of hydrogen-bond donors (Lipinski definition) is 2. The molecule has 1 aromatic heterocycles. The lowest BCUT2D eigenvalue weighted by molar-refractivity contribution is -0.940. The van der Waals surface area contributed by atoms with E-state index in [0.717, 1.165) is 24.2 Å². The van der Waals surface area contributed by atoms with Crippen LogP contribution in [0.4, 0.5) is 0 Å². The number of nitrogens with one attached hydrogen (secondary N) is 2. The van der Waals surface area contributed by atoms with E-state index >= 15 is 0 Å². The van der Waals surface area contributed by atoms with E-state index in [1.165, 1.54) is 25.2 Å². The van der Waals surface area contributed by atoms with Gasteiger partial charge in [-0.1, -0.05) is 18.2 Å². The number of benzene rings is 1. The summed E-state index contributed by atoms with van der Waals surface area (Å²) in [5, 5.41) is 21.5. The van der Waals surface area contributed by atoms with E-state index in [1.807, 2.05) is 0 Å². The van der Waals surface area contributed by atoms with Crippen LogP contribution in [0.2, 0.25) is 0 Å². The monoisotopic (exact) mass is 464 g/mol. The number of para-hydroxylation sites is 1. The number of carboxylic acid groups (broad SMARTS) is 2. The van der Waals surface area contributed by atoms with Crippen LogP contribution in [0.15, 0.2) is 28.7 Å². The molecular weight excluding hydrogens is 420 g/mol. The van der Waals surface area contributed by atoms with Crippen molar-refractivity contribution in [2.75, 3.05) is 13.1 Å². The molecule has 0 amide bonds. The first-order chi connectivity index (χ1) is 15.3. The summed E-state index contributed by atoms with van der Waals surface area (Å²) in [6.07, 6.45) is 0. The number of fused-ring (bicyclic) bond motifs is 1. The molecule has 2 rings (SSSR count). The number of quaternary nitrogens is 2. The van der Waals surface area contributed by atoms with Gasteiger partial charge in [-0.3, -0.25) is 0 Å². The van der Waals surface area contributed by atoms with Gasteiger partial charge in [-0.15, -0.1) is 0 Å². The standard InChI is InChI=1S/C10H6O5.2C8H19N/c11-9(12)7-5-3-1-2-4-6(5)15-8(7)10(13)14;2*1-6-9(7(2)3)8(4)5/h1-4H,(H,11,12)(H,13,14);2*7-8H,6H2,1-5H3. The molecule has 0 unspecified atom stereocenters. The van der Waals surface area contributed by atoms with Crippen LogP contribution >= 0.6 is 0 Å². The van der Waals surface area contributed by atoms with Gasteiger partial charge in [0.15, 0.2) is 5.76 Å². The Hall–Kier alpha value is -2.38. The third-order valence-electron chi connectivity index (χ3n) is 5.77. The van der Waals surface area contributed by atoms with Gasteiger partial charge in [0.1, 0.15) is 11.6 Å². The van der Waals surface area contributed by atoms with Gasteiger partial charge in [0.25, 0.3) is 0 Å². The Kier molecular flexibility index (Phi) is 13.6. The second-order valence-corrected chi connectivity index (χ2v) is 9.35. The summed E-state index contributed by atoms with van der Waals surface area (Å²) in [5.74, 6) is -3.99. The van der Waals surface area contributed by atoms with E-state index < -0.39 is 23.3 Å². The molecule has 0 atom stereocenters. The van der Waals surface area contributed by atoms with Gasteiger partial charge in [0.2, 0.25) is 0 Å². The smallest absolute Gasteiger partial charge is 0.159 e. The second-order valence-electron chi connectivity index (χ2n) is 9.35. The minimum absolute atomic E-state index is 0.177. The lowest BCUT2D eigenvalue weighted by Crippen LogP contribution is -3.17. The van der Waals surface area contributed by atoms with Crippen LogP contribution < -0.4 is 20.0 Å². The molecule has 0 radical (unpaired) electrons. The molecule has 0 aliphatic rings. The Morgan fingerprint density at radius 3 is 1.42 bits per heavy atom. The summed E-state index contributed by atoms with van der Waals surface area (Å²) >= 11 is 0. The number of aromatic carboxylic acids is 2. The zero-order valence-corrected chi connectivity index (χ0v) is 22.1. The fraction of sp³-hybridized carbons (Fsp3) is 0.615. The first-order valence-electron chi connectivity index (χ1n) is 11.9. The van der Waals surface area contributed by atoms with Crippen LogP contribution in [-0.2, 0) is 0 Å². The van der Waals surface area contributed by atoms with Crippen LogP contribution in [-0.4, -0.2) is 49.2 Å². The van der Waals surface area contributed by atoms with Crippen LogP contribution in [0.1, 0.15) is 90.2 Å². The van der Waals surface area contributed by atoms with Gasteiger partial charge >= 0.3 is 0 Å². The third kappa shape index (κ3) is 9.56. The molecule has 0 bridgehead atoms. The zero-order chi connectivity index (χ0) is 25.9. The average Bonchev–Trinajstić information content (AvgIpc) is 3.09. The Balaban J connectivity index is 0.000000498.